The van der Waals surface area contributed by atoms with E-state index in [1.54, 1.807) is 0 Å². The lowest BCUT2D eigenvalue weighted by Crippen LogP contribution is -2.35. The molecule has 2 rings (SSSR count). The molecular formula is C16H16FNO4S. The molecule has 5 nitrogen and oxygen atoms in total. The van der Waals surface area contributed by atoms with Crippen molar-refractivity contribution in [2.24, 2.45) is 0 Å². The molecule has 0 saturated carbocycles. The molecular weight excluding hydrogens is 321 g/mol. The Bertz CT molecular complexity index is 687. The highest BCUT2D eigenvalue weighted by Crippen LogP contribution is 2.17. The Morgan fingerprint density at radius 2 is 2.13 bits per heavy atom. The highest BCUT2D eigenvalue weighted by Gasteiger charge is 2.21. The van der Waals surface area contributed by atoms with Crippen LogP contribution in [-0.2, 0) is 16.1 Å². The number of benzene rings is 1. The van der Waals surface area contributed by atoms with Gasteiger partial charge in [-0.15, -0.1) is 11.3 Å². The van der Waals surface area contributed by atoms with Crippen LogP contribution in [0.5, 0.6) is 5.75 Å². The molecule has 1 aromatic carbocycles. The molecule has 122 valence electrons. The Morgan fingerprint density at radius 1 is 1.35 bits per heavy atom. The summed E-state index contributed by atoms with van der Waals surface area (Å²) in [6, 6.07) is 7.54. The number of rotatable bonds is 6. The zero-order chi connectivity index (χ0) is 16.8. The molecule has 0 aliphatic carbocycles. The lowest BCUT2D eigenvalue weighted by atomic mass is 10.2. The molecule has 0 aliphatic heterocycles. The van der Waals surface area contributed by atoms with Gasteiger partial charge in [-0.1, -0.05) is 6.07 Å². The van der Waals surface area contributed by atoms with Crippen molar-refractivity contribution in [1.82, 2.24) is 5.32 Å². The van der Waals surface area contributed by atoms with Gasteiger partial charge in [0.15, 0.2) is 6.10 Å². The Balaban J connectivity index is 1.92. The second kappa shape index (κ2) is 7.73. The smallest absolute Gasteiger partial charge is 0.341 e. The molecule has 1 N–H and O–H groups in total. The van der Waals surface area contributed by atoms with Crippen molar-refractivity contribution in [3.63, 3.8) is 0 Å². The summed E-state index contributed by atoms with van der Waals surface area (Å²) < 4.78 is 23.6. The monoisotopic (exact) mass is 337 g/mol. The van der Waals surface area contributed by atoms with E-state index >= 15 is 0 Å². The maximum atomic E-state index is 13.8. The molecule has 2 aromatic rings. The van der Waals surface area contributed by atoms with E-state index in [0.29, 0.717) is 12.3 Å². The summed E-state index contributed by atoms with van der Waals surface area (Å²) in [5.74, 6) is -1.81. The number of carbonyl (C=O) groups excluding carboxylic acids is 2. The van der Waals surface area contributed by atoms with Crippen molar-refractivity contribution in [2.75, 3.05) is 7.11 Å². The SMILES string of the molecule is COc1ccc(C(=O)O[C@H](C)C(=O)NCc2cccs2)c(F)c1. The number of halogens is 1. The zero-order valence-corrected chi connectivity index (χ0v) is 13.5. The van der Waals surface area contributed by atoms with Gasteiger partial charge >= 0.3 is 5.97 Å². The number of esters is 1. The predicted molar refractivity (Wildman–Crippen MR) is 84.0 cm³/mol. The average Bonchev–Trinajstić information content (AvgIpc) is 3.05. The van der Waals surface area contributed by atoms with Crippen LogP contribution in [0.2, 0.25) is 0 Å². The second-order valence-electron chi connectivity index (χ2n) is 4.69. The first kappa shape index (κ1) is 17.0. The van der Waals surface area contributed by atoms with E-state index in [2.05, 4.69) is 5.32 Å². The standard InChI is InChI=1S/C16H16FNO4S/c1-10(15(19)18-9-12-4-3-7-23-12)22-16(20)13-6-5-11(21-2)8-14(13)17/h3-8,10H,9H2,1-2H3,(H,18,19)/t10-/m1/s1. The summed E-state index contributed by atoms with van der Waals surface area (Å²) >= 11 is 1.51. The maximum Gasteiger partial charge on any atom is 0.341 e. The van der Waals surface area contributed by atoms with Gasteiger partial charge < -0.3 is 14.8 Å². The summed E-state index contributed by atoms with van der Waals surface area (Å²) in [5.41, 5.74) is -0.247. The van der Waals surface area contributed by atoms with Gasteiger partial charge in [-0.05, 0) is 30.5 Å². The molecule has 0 aliphatic rings. The van der Waals surface area contributed by atoms with Gasteiger partial charge in [0.2, 0.25) is 0 Å². The Hall–Kier alpha value is -2.41. The van der Waals surface area contributed by atoms with E-state index in [1.807, 2.05) is 17.5 Å². The number of hydrogen-bond acceptors (Lipinski definition) is 5. The number of carbonyl (C=O) groups is 2. The van der Waals surface area contributed by atoms with Crippen molar-refractivity contribution in [3.8, 4) is 5.75 Å². The molecule has 0 spiro atoms. The fraction of sp³-hybridized carbons (Fsp3) is 0.250. The molecule has 0 fully saturated rings. The van der Waals surface area contributed by atoms with E-state index in [9.17, 15) is 14.0 Å². The fourth-order valence-electron chi connectivity index (χ4n) is 1.80. The minimum absolute atomic E-state index is 0.247. The van der Waals surface area contributed by atoms with Gasteiger partial charge in [0.25, 0.3) is 5.91 Å². The molecule has 0 saturated heterocycles. The first-order valence-electron chi connectivity index (χ1n) is 6.86. The topological polar surface area (TPSA) is 64.6 Å². The van der Waals surface area contributed by atoms with Crippen LogP contribution in [0.15, 0.2) is 35.7 Å². The van der Waals surface area contributed by atoms with Crippen LogP contribution in [0.1, 0.15) is 22.2 Å². The molecule has 0 bridgehead atoms. The van der Waals surface area contributed by atoms with Crippen LogP contribution in [0, 0.1) is 5.82 Å². The van der Waals surface area contributed by atoms with Gasteiger partial charge in [-0.25, -0.2) is 9.18 Å². The van der Waals surface area contributed by atoms with Crippen molar-refractivity contribution in [3.05, 3.63) is 52.0 Å². The molecule has 1 aromatic heterocycles. The van der Waals surface area contributed by atoms with Gasteiger partial charge in [-0.2, -0.15) is 0 Å². The molecule has 0 radical (unpaired) electrons. The van der Waals surface area contributed by atoms with Gasteiger partial charge in [0.05, 0.1) is 19.2 Å². The Kier molecular flexibility index (Phi) is 5.70. The summed E-state index contributed by atoms with van der Waals surface area (Å²) in [6.07, 6.45) is -1.02. The average molecular weight is 337 g/mol. The highest BCUT2D eigenvalue weighted by molar-refractivity contribution is 7.09. The minimum atomic E-state index is -1.02. The third-order valence-electron chi connectivity index (χ3n) is 3.07. The van der Waals surface area contributed by atoms with E-state index in [-0.39, 0.29) is 5.56 Å². The van der Waals surface area contributed by atoms with E-state index < -0.39 is 23.8 Å². The molecule has 23 heavy (non-hydrogen) atoms. The number of amides is 1. The van der Waals surface area contributed by atoms with Crippen LogP contribution in [0.25, 0.3) is 0 Å². The van der Waals surface area contributed by atoms with Crippen LogP contribution in [0.4, 0.5) is 4.39 Å². The summed E-state index contributed by atoms with van der Waals surface area (Å²) in [6.45, 7) is 1.79. The van der Waals surface area contributed by atoms with Crippen molar-refractivity contribution >= 4 is 23.2 Å². The number of hydrogen-bond donors (Lipinski definition) is 1. The second-order valence-corrected chi connectivity index (χ2v) is 5.72. The molecule has 0 unspecified atom stereocenters. The van der Waals surface area contributed by atoms with Gasteiger partial charge in [-0.3, -0.25) is 4.79 Å². The first-order chi connectivity index (χ1) is 11.0. The third kappa shape index (κ3) is 4.53. The minimum Gasteiger partial charge on any atom is -0.497 e. The molecule has 1 atom stereocenters. The van der Waals surface area contributed by atoms with Crippen molar-refractivity contribution in [1.29, 1.82) is 0 Å². The van der Waals surface area contributed by atoms with Crippen LogP contribution >= 0.6 is 11.3 Å². The summed E-state index contributed by atoms with van der Waals surface area (Å²) in [4.78, 5) is 24.8. The maximum absolute atomic E-state index is 13.8. The van der Waals surface area contributed by atoms with Crippen LogP contribution in [-0.4, -0.2) is 25.1 Å². The number of nitrogens with one attached hydrogen (secondary N) is 1. The zero-order valence-electron chi connectivity index (χ0n) is 12.7. The fourth-order valence-corrected chi connectivity index (χ4v) is 2.44. The summed E-state index contributed by atoms with van der Waals surface area (Å²) in [5, 5.41) is 4.56. The van der Waals surface area contributed by atoms with E-state index in [4.69, 9.17) is 9.47 Å². The Morgan fingerprint density at radius 3 is 2.74 bits per heavy atom. The third-order valence-corrected chi connectivity index (χ3v) is 3.94. The number of thiophene rings is 1. The molecule has 1 amide bonds. The lowest BCUT2D eigenvalue weighted by molar-refractivity contribution is -0.129. The number of ether oxygens (including phenoxy) is 2. The summed E-state index contributed by atoms with van der Waals surface area (Å²) in [7, 11) is 1.40. The van der Waals surface area contributed by atoms with E-state index in [0.717, 1.165) is 10.9 Å². The number of methoxy groups -OCH3 is 1. The molecule has 1 heterocycles. The van der Waals surface area contributed by atoms with Gasteiger partial charge in [0.1, 0.15) is 11.6 Å². The van der Waals surface area contributed by atoms with Gasteiger partial charge in [0, 0.05) is 10.9 Å². The highest BCUT2D eigenvalue weighted by atomic mass is 32.1. The quantitative estimate of drug-likeness (QED) is 0.823. The van der Waals surface area contributed by atoms with Crippen LogP contribution in [0.3, 0.4) is 0 Å². The van der Waals surface area contributed by atoms with E-state index in [1.165, 1.54) is 37.5 Å². The largest absolute Gasteiger partial charge is 0.497 e. The van der Waals surface area contributed by atoms with Crippen molar-refractivity contribution < 1.29 is 23.5 Å². The molecule has 7 heteroatoms. The predicted octanol–water partition coefficient (Wildman–Crippen LogP) is 2.76. The van der Waals surface area contributed by atoms with Crippen molar-refractivity contribution in [2.45, 2.75) is 19.6 Å². The Labute approximate surface area is 137 Å². The normalized spacial score (nSPS) is 11.6. The first-order valence-corrected chi connectivity index (χ1v) is 7.74. The lowest BCUT2D eigenvalue weighted by Gasteiger charge is -2.13. The van der Waals surface area contributed by atoms with Crippen LogP contribution < -0.4 is 10.1 Å².